The number of β-lactam (4-membered cyclic amide) rings is 1. The highest BCUT2D eigenvalue weighted by atomic mass is 35.5. The first-order chi connectivity index (χ1) is 15.3. The van der Waals surface area contributed by atoms with Crippen LogP contribution in [-0.2, 0) is 4.79 Å². The minimum atomic E-state index is -0.734. The van der Waals surface area contributed by atoms with E-state index in [1.165, 1.54) is 0 Å². The summed E-state index contributed by atoms with van der Waals surface area (Å²) in [6, 6.07) is 16.5. The summed E-state index contributed by atoms with van der Waals surface area (Å²) in [6.45, 7) is 8.14. The van der Waals surface area contributed by atoms with Crippen molar-refractivity contribution in [1.82, 2.24) is 0 Å². The molecular weight excluding hydrogens is 443 g/mol. The second-order valence-corrected chi connectivity index (χ2v) is 8.87. The predicted molar refractivity (Wildman–Crippen MR) is 132 cm³/mol. The highest BCUT2D eigenvalue weighted by molar-refractivity contribution is 6.35. The molecule has 0 unspecified atom stereocenters. The van der Waals surface area contributed by atoms with Gasteiger partial charge in [-0.1, -0.05) is 47.5 Å². The minimum Gasteiger partial charge on any atom is -0.476 e. The molecule has 0 aliphatic carbocycles. The predicted octanol–water partition coefficient (Wildman–Crippen LogP) is 6.79. The molecule has 3 aromatic rings. The maximum absolute atomic E-state index is 13.2. The molecule has 4 rings (SSSR count). The van der Waals surface area contributed by atoms with Crippen LogP contribution < -0.4 is 9.64 Å². The summed E-state index contributed by atoms with van der Waals surface area (Å²) in [5.74, 6) is 0.280. The van der Waals surface area contributed by atoms with E-state index >= 15 is 0 Å². The highest BCUT2D eigenvalue weighted by Gasteiger charge is 2.50. The normalized spacial score (nSPS) is 18.2. The number of hydrogen-bond acceptors (Lipinski definition) is 3. The molecule has 164 valence electrons. The van der Waals surface area contributed by atoms with E-state index in [-0.39, 0.29) is 11.9 Å². The fourth-order valence-corrected chi connectivity index (χ4v) is 4.22. The third-order valence-electron chi connectivity index (χ3n) is 6.01. The molecule has 4 nitrogen and oxygen atoms in total. The van der Waals surface area contributed by atoms with Crippen LogP contribution in [0.1, 0.15) is 22.3 Å². The number of carbonyl (C=O) groups excluding carboxylic acids is 1. The van der Waals surface area contributed by atoms with Crippen molar-refractivity contribution < 1.29 is 9.53 Å². The van der Waals surface area contributed by atoms with Gasteiger partial charge in [-0.2, -0.15) is 0 Å². The van der Waals surface area contributed by atoms with E-state index in [0.29, 0.717) is 15.8 Å². The Bertz CT molecular complexity index is 1220. The summed E-state index contributed by atoms with van der Waals surface area (Å²) in [4.78, 5) is 19.7. The SMILES string of the molecule is Cc1cccc(N=C[C@H]2[C@H](Oc3ccc(Cl)cc3Cl)C(=O)N2c2cccc(C)c2C)c1C. The largest absolute Gasteiger partial charge is 0.476 e. The van der Waals surface area contributed by atoms with Gasteiger partial charge in [0.2, 0.25) is 6.10 Å². The van der Waals surface area contributed by atoms with E-state index < -0.39 is 6.10 Å². The molecule has 0 saturated carbocycles. The van der Waals surface area contributed by atoms with Gasteiger partial charge in [0.05, 0.1) is 10.7 Å². The molecule has 6 heteroatoms. The fraction of sp³-hybridized carbons (Fsp3) is 0.231. The summed E-state index contributed by atoms with van der Waals surface area (Å²) in [7, 11) is 0. The van der Waals surface area contributed by atoms with E-state index in [0.717, 1.165) is 33.6 Å². The molecule has 1 aliphatic heterocycles. The number of anilines is 1. The van der Waals surface area contributed by atoms with Gasteiger partial charge in [0.25, 0.3) is 5.91 Å². The monoisotopic (exact) mass is 466 g/mol. The molecule has 0 N–H and O–H groups in total. The van der Waals surface area contributed by atoms with Crippen molar-refractivity contribution in [3.8, 4) is 5.75 Å². The van der Waals surface area contributed by atoms with Crippen molar-refractivity contribution in [1.29, 1.82) is 0 Å². The van der Waals surface area contributed by atoms with Crippen LogP contribution in [0.5, 0.6) is 5.75 Å². The van der Waals surface area contributed by atoms with Crippen LogP contribution in [0.25, 0.3) is 0 Å². The standard InChI is InChI=1S/C26H24Cl2N2O2/c1-15-7-5-9-21(17(15)3)29-14-23-25(32-24-12-11-19(27)13-20(24)28)26(31)30(23)22-10-6-8-16(2)18(22)4/h5-14,23,25H,1-4H3/t23-,25-/m0/s1. The lowest BCUT2D eigenvalue weighted by atomic mass is 9.95. The van der Waals surface area contributed by atoms with Crippen molar-refractivity contribution in [3.05, 3.63) is 86.9 Å². The Morgan fingerprint density at radius 2 is 1.62 bits per heavy atom. The van der Waals surface area contributed by atoms with E-state index in [1.807, 2.05) is 51.1 Å². The number of ether oxygens (including phenoxy) is 1. The number of benzene rings is 3. The topological polar surface area (TPSA) is 41.9 Å². The van der Waals surface area contributed by atoms with Gasteiger partial charge in [0.15, 0.2) is 0 Å². The minimum absolute atomic E-state index is 0.137. The van der Waals surface area contributed by atoms with Crippen LogP contribution in [0, 0.1) is 27.7 Å². The maximum atomic E-state index is 13.2. The number of aryl methyl sites for hydroxylation is 2. The molecular formula is C26H24Cl2N2O2. The quantitative estimate of drug-likeness (QED) is 0.306. The summed E-state index contributed by atoms with van der Waals surface area (Å²) in [5, 5.41) is 0.869. The lowest BCUT2D eigenvalue weighted by Crippen LogP contribution is -2.68. The van der Waals surface area contributed by atoms with Gasteiger partial charge in [-0.15, -0.1) is 0 Å². The zero-order valence-corrected chi connectivity index (χ0v) is 19.9. The highest BCUT2D eigenvalue weighted by Crippen LogP contribution is 2.36. The number of hydrogen-bond donors (Lipinski definition) is 0. The van der Waals surface area contributed by atoms with Crippen LogP contribution in [0.4, 0.5) is 11.4 Å². The number of halogens is 2. The first kappa shape index (κ1) is 22.4. The zero-order chi connectivity index (χ0) is 23.0. The molecule has 1 aliphatic rings. The average Bonchev–Trinajstić information content (AvgIpc) is 2.76. The van der Waals surface area contributed by atoms with E-state index in [4.69, 9.17) is 32.9 Å². The number of amides is 1. The smallest absolute Gasteiger partial charge is 0.271 e. The first-order valence-electron chi connectivity index (χ1n) is 10.4. The number of carbonyl (C=O) groups is 1. The fourth-order valence-electron chi connectivity index (χ4n) is 3.76. The van der Waals surface area contributed by atoms with Crippen LogP contribution in [0.2, 0.25) is 10.0 Å². The molecule has 1 saturated heterocycles. The van der Waals surface area contributed by atoms with Crippen LogP contribution in [0.15, 0.2) is 59.6 Å². The Kier molecular flexibility index (Phi) is 6.27. The van der Waals surface area contributed by atoms with Crippen molar-refractivity contribution in [2.45, 2.75) is 39.8 Å². The van der Waals surface area contributed by atoms with Gasteiger partial charge in [0.1, 0.15) is 11.8 Å². The van der Waals surface area contributed by atoms with Gasteiger partial charge in [-0.05, 0) is 80.3 Å². The Hall–Kier alpha value is -2.82. The summed E-state index contributed by atoms with van der Waals surface area (Å²) in [5.41, 5.74) is 6.16. The number of nitrogens with zero attached hydrogens (tertiary/aromatic N) is 2. The van der Waals surface area contributed by atoms with Gasteiger partial charge in [0, 0.05) is 16.9 Å². The molecule has 3 aromatic carbocycles. The lowest BCUT2D eigenvalue weighted by Gasteiger charge is -2.45. The second kappa shape index (κ2) is 8.97. The zero-order valence-electron chi connectivity index (χ0n) is 18.4. The van der Waals surface area contributed by atoms with Crippen LogP contribution in [-0.4, -0.2) is 24.3 Å². The lowest BCUT2D eigenvalue weighted by molar-refractivity contribution is -0.132. The number of aliphatic imine (C=N–C) groups is 1. The van der Waals surface area contributed by atoms with Crippen molar-refractivity contribution in [3.63, 3.8) is 0 Å². The molecule has 1 fully saturated rings. The molecule has 32 heavy (non-hydrogen) atoms. The first-order valence-corrected chi connectivity index (χ1v) is 11.1. The van der Waals surface area contributed by atoms with Crippen LogP contribution >= 0.6 is 23.2 Å². The average molecular weight is 467 g/mol. The van der Waals surface area contributed by atoms with Crippen LogP contribution in [0.3, 0.4) is 0 Å². The van der Waals surface area contributed by atoms with Crippen molar-refractivity contribution in [2.24, 2.45) is 4.99 Å². The molecule has 0 spiro atoms. The Labute approximate surface area is 198 Å². The molecule has 0 bridgehead atoms. The summed E-state index contributed by atoms with van der Waals surface area (Å²) >= 11 is 12.3. The third-order valence-corrected chi connectivity index (χ3v) is 6.55. The molecule has 1 heterocycles. The van der Waals surface area contributed by atoms with E-state index in [9.17, 15) is 4.79 Å². The molecule has 0 aromatic heterocycles. The Morgan fingerprint density at radius 1 is 0.938 bits per heavy atom. The molecule has 0 radical (unpaired) electrons. The third kappa shape index (κ3) is 4.13. The molecule has 1 amide bonds. The van der Waals surface area contributed by atoms with Gasteiger partial charge >= 0.3 is 0 Å². The van der Waals surface area contributed by atoms with Crippen molar-refractivity contribution >= 4 is 46.7 Å². The van der Waals surface area contributed by atoms with Gasteiger partial charge in [-0.3, -0.25) is 14.7 Å². The Morgan fingerprint density at radius 3 is 2.34 bits per heavy atom. The summed E-state index contributed by atoms with van der Waals surface area (Å²) < 4.78 is 6.05. The Balaban J connectivity index is 1.71. The van der Waals surface area contributed by atoms with Gasteiger partial charge < -0.3 is 4.74 Å². The second-order valence-electron chi connectivity index (χ2n) is 8.03. The van der Waals surface area contributed by atoms with Gasteiger partial charge in [-0.25, -0.2) is 0 Å². The maximum Gasteiger partial charge on any atom is 0.271 e. The van der Waals surface area contributed by atoms with E-state index in [2.05, 4.69) is 13.0 Å². The number of rotatable bonds is 5. The van der Waals surface area contributed by atoms with Crippen molar-refractivity contribution in [2.75, 3.05) is 4.90 Å². The van der Waals surface area contributed by atoms with E-state index in [1.54, 1.807) is 29.3 Å². The molecule has 2 atom stereocenters. The summed E-state index contributed by atoms with van der Waals surface area (Å²) in [6.07, 6.45) is 1.06.